The summed E-state index contributed by atoms with van der Waals surface area (Å²) in [6, 6.07) is -0.365. The quantitative estimate of drug-likeness (QED) is 0.824. The van der Waals surface area contributed by atoms with Gasteiger partial charge in [0.1, 0.15) is 11.9 Å². The number of amides is 1. The molecule has 1 aromatic heterocycles. The molecule has 2 unspecified atom stereocenters. The maximum absolute atomic E-state index is 13.3. The van der Waals surface area contributed by atoms with Gasteiger partial charge in [0, 0.05) is 6.20 Å². The summed E-state index contributed by atoms with van der Waals surface area (Å²) >= 11 is 0. The number of nitrogens with zero attached hydrogens (tertiary/aromatic N) is 2. The van der Waals surface area contributed by atoms with Gasteiger partial charge >= 0.3 is 0 Å². The molecule has 1 heterocycles. The summed E-state index contributed by atoms with van der Waals surface area (Å²) in [5.41, 5.74) is 0.991. The Morgan fingerprint density at radius 3 is 2.81 bits per heavy atom. The lowest BCUT2D eigenvalue weighted by atomic mass is 10.2. The average Bonchev–Trinajstić information content (AvgIpc) is 2.65. The highest BCUT2D eigenvalue weighted by Gasteiger charge is 2.28. The highest BCUT2D eigenvalue weighted by atomic mass is 19.1. The topological polar surface area (TPSA) is 54.9 Å². The zero-order valence-corrected chi connectivity index (χ0v) is 9.11. The van der Waals surface area contributed by atoms with E-state index in [0.717, 1.165) is 12.1 Å². The van der Waals surface area contributed by atoms with Crippen molar-refractivity contribution in [1.29, 1.82) is 0 Å². The largest absolute Gasteiger partial charge is 0.345 e. The fourth-order valence-corrected chi connectivity index (χ4v) is 1.83. The van der Waals surface area contributed by atoms with Crippen LogP contribution in [0.2, 0.25) is 0 Å². The third-order valence-corrected chi connectivity index (χ3v) is 2.76. The Kier molecular flexibility index (Phi) is 3.12. The van der Waals surface area contributed by atoms with Crippen molar-refractivity contribution in [3.63, 3.8) is 0 Å². The van der Waals surface area contributed by atoms with E-state index < -0.39 is 6.17 Å². The molecule has 1 amide bonds. The first kappa shape index (κ1) is 11.0. The molecule has 0 spiro atoms. The number of halogens is 1. The van der Waals surface area contributed by atoms with Crippen LogP contribution >= 0.6 is 0 Å². The van der Waals surface area contributed by atoms with Crippen LogP contribution in [-0.4, -0.2) is 28.1 Å². The molecule has 1 fully saturated rings. The van der Waals surface area contributed by atoms with Crippen LogP contribution < -0.4 is 5.32 Å². The van der Waals surface area contributed by atoms with Gasteiger partial charge in [-0.1, -0.05) is 0 Å². The minimum Gasteiger partial charge on any atom is -0.345 e. The molecule has 2 atom stereocenters. The number of alkyl halides is 1. The van der Waals surface area contributed by atoms with Gasteiger partial charge in [-0.05, 0) is 26.2 Å². The van der Waals surface area contributed by atoms with Crippen LogP contribution in [0.25, 0.3) is 0 Å². The van der Waals surface area contributed by atoms with Gasteiger partial charge in [-0.25, -0.2) is 9.37 Å². The van der Waals surface area contributed by atoms with Gasteiger partial charge in [-0.3, -0.25) is 9.78 Å². The first-order valence-corrected chi connectivity index (χ1v) is 5.40. The number of nitrogens with one attached hydrogen (secondary N) is 1. The second kappa shape index (κ2) is 4.55. The second-order valence-electron chi connectivity index (χ2n) is 4.07. The minimum absolute atomic E-state index is 0.240. The first-order valence-electron chi connectivity index (χ1n) is 5.40. The molecule has 1 aromatic rings. The molecule has 2 rings (SSSR count). The van der Waals surface area contributed by atoms with E-state index >= 15 is 0 Å². The number of carbonyl (C=O) groups excluding carboxylic acids is 1. The number of hydrogen-bond donors (Lipinski definition) is 1. The SMILES string of the molecule is Cc1cnc(C(=O)NC2CCCC2F)cn1. The molecule has 0 radical (unpaired) electrons. The lowest BCUT2D eigenvalue weighted by Crippen LogP contribution is -2.38. The summed E-state index contributed by atoms with van der Waals surface area (Å²) in [6.45, 7) is 1.79. The van der Waals surface area contributed by atoms with Crippen LogP contribution in [0, 0.1) is 6.92 Å². The smallest absolute Gasteiger partial charge is 0.271 e. The van der Waals surface area contributed by atoms with Crippen molar-refractivity contribution in [3.8, 4) is 0 Å². The fraction of sp³-hybridized carbons (Fsp3) is 0.545. The molecule has 1 aliphatic rings. The number of aromatic nitrogens is 2. The van der Waals surface area contributed by atoms with E-state index in [0.29, 0.717) is 12.8 Å². The van der Waals surface area contributed by atoms with E-state index in [2.05, 4.69) is 15.3 Å². The van der Waals surface area contributed by atoms with E-state index in [4.69, 9.17) is 0 Å². The summed E-state index contributed by atoms with van der Waals surface area (Å²) in [4.78, 5) is 19.6. The molecule has 5 heteroatoms. The molecule has 1 aliphatic carbocycles. The van der Waals surface area contributed by atoms with Gasteiger partial charge in [-0.2, -0.15) is 0 Å². The summed E-state index contributed by atoms with van der Waals surface area (Å²) in [7, 11) is 0. The second-order valence-corrected chi connectivity index (χ2v) is 4.07. The third-order valence-electron chi connectivity index (χ3n) is 2.76. The molecule has 16 heavy (non-hydrogen) atoms. The molecule has 0 bridgehead atoms. The van der Waals surface area contributed by atoms with E-state index in [1.807, 2.05) is 0 Å². The van der Waals surface area contributed by atoms with Crippen LogP contribution in [0.3, 0.4) is 0 Å². The van der Waals surface area contributed by atoms with Crippen molar-refractivity contribution < 1.29 is 9.18 Å². The number of aryl methyl sites for hydroxylation is 1. The zero-order valence-electron chi connectivity index (χ0n) is 9.11. The summed E-state index contributed by atoms with van der Waals surface area (Å²) in [5, 5.41) is 2.65. The maximum Gasteiger partial charge on any atom is 0.271 e. The lowest BCUT2D eigenvalue weighted by molar-refractivity contribution is 0.0913. The molecule has 86 valence electrons. The minimum atomic E-state index is -0.928. The average molecular weight is 223 g/mol. The predicted octanol–water partition coefficient (Wildman–Crippen LogP) is 1.41. The summed E-state index contributed by atoms with van der Waals surface area (Å²) in [6.07, 6.45) is 4.06. The Balaban J connectivity index is 2.00. The number of carbonyl (C=O) groups is 1. The first-order chi connectivity index (χ1) is 7.66. The van der Waals surface area contributed by atoms with Crippen molar-refractivity contribution >= 4 is 5.91 Å². The Bertz CT molecular complexity index is 379. The normalized spacial score (nSPS) is 24.4. The van der Waals surface area contributed by atoms with Gasteiger partial charge in [0.25, 0.3) is 5.91 Å². The number of hydrogen-bond acceptors (Lipinski definition) is 3. The van der Waals surface area contributed by atoms with Crippen molar-refractivity contribution in [2.45, 2.75) is 38.4 Å². The Morgan fingerprint density at radius 2 is 2.25 bits per heavy atom. The number of rotatable bonds is 2. The fourth-order valence-electron chi connectivity index (χ4n) is 1.83. The van der Waals surface area contributed by atoms with Crippen LogP contribution in [0.1, 0.15) is 35.4 Å². The summed E-state index contributed by atoms with van der Waals surface area (Å²) in [5.74, 6) is -0.345. The van der Waals surface area contributed by atoms with E-state index in [1.54, 1.807) is 6.92 Å². The van der Waals surface area contributed by atoms with Gasteiger partial charge in [-0.15, -0.1) is 0 Å². The Labute approximate surface area is 93.3 Å². The molecule has 4 nitrogen and oxygen atoms in total. The van der Waals surface area contributed by atoms with Crippen LogP contribution in [0.15, 0.2) is 12.4 Å². The molecular formula is C11H14FN3O. The molecule has 0 saturated heterocycles. The van der Waals surface area contributed by atoms with Crippen LogP contribution in [0.5, 0.6) is 0 Å². The van der Waals surface area contributed by atoms with Gasteiger partial charge in [0.2, 0.25) is 0 Å². The predicted molar refractivity (Wildman–Crippen MR) is 56.8 cm³/mol. The maximum atomic E-state index is 13.3. The standard InChI is InChI=1S/C11H14FN3O/c1-7-5-14-10(6-13-7)11(16)15-9-4-2-3-8(9)12/h5-6,8-9H,2-4H2,1H3,(H,15,16). The van der Waals surface area contributed by atoms with Gasteiger partial charge in [0.05, 0.1) is 17.9 Å². The Hall–Kier alpha value is -1.52. The van der Waals surface area contributed by atoms with E-state index in [1.165, 1.54) is 12.4 Å². The van der Waals surface area contributed by atoms with Crippen molar-refractivity contribution in [2.24, 2.45) is 0 Å². The van der Waals surface area contributed by atoms with Crippen molar-refractivity contribution in [3.05, 3.63) is 23.8 Å². The lowest BCUT2D eigenvalue weighted by Gasteiger charge is -2.14. The highest BCUT2D eigenvalue weighted by molar-refractivity contribution is 5.92. The van der Waals surface area contributed by atoms with Crippen LogP contribution in [-0.2, 0) is 0 Å². The summed E-state index contributed by atoms with van der Waals surface area (Å²) < 4.78 is 13.3. The highest BCUT2D eigenvalue weighted by Crippen LogP contribution is 2.22. The Morgan fingerprint density at radius 1 is 1.44 bits per heavy atom. The van der Waals surface area contributed by atoms with E-state index in [9.17, 15) is 9.18 Å². The van der Waals surface area contributed by atoms with Crippen LogP contribution in [0.4, 0.5) is 4.39 Å². The van der Waals surface area contributed by atoms with Crippen molar-refractivity contribution in [2.75, 3.05) is 0 Å². The van der Waals surface area contributed by atoms with Crippen molar-refractivity contribution in [1.82, 2.24) is 15.3 Å². The zero-order chi connectivity index (χ0) is 11.5. The third kappa shape index (κ3) is 2.35. The van der Waals surface area contributed by atoms with Gasteiger partial charge < -0.3 is 5.32 Å². The molecule has 0 aliphatic heterocycles. The molecule has 1 saturated carbocycles. The van der Waals surface area contributed by atoms with E-state index in [-0.39, 0.29) is 17.6 Å². The molecule has 0 aromatic carbocycles. The monoisotopic (exact) mass is 223 g/mol. The van der Waals surface area contributed by atoms with Gasteiger partial charge in [0.15, 0.2) is 0 Å². The molecule has 1 N–H and O–H groups in total. The molecular weight excluding hydrogens is 209 g/mol.